The molecule has 1 unspecified atom stereocenters. The second kappa shape index (κ2) is 6.49. The minimum atomic E-state index is -1.09. The molecule has 0 radical (unpaired) electrons. The zero-order valence-corrected chi connectivity index (χ0v) is 11.1. The number of ether oxygens (including phenoxy) is 1. The molecule has 1 rings (SSSR count). The first kappa shape index (κ1) is 15.4. The summed E-state index contributed by atoms with van der Waals surface area (Å²) in [6.45, 7) is 2.00. The molecule has 6 heteroatoms. The van der Waals surface area contributed by atoms with Crippen LogP contribution in [0.25, 0.3) is 0 Å². The average molecular weight is 270 g/mol. The van der Waals surface area contributed by atoms with Crippen molar-refractivity contribution in [1.82, 2.24) is 5.32 Å². The number of nitrogen functional groups attached to an aromatic ring is 1. The monoisotopic (exact) mass is 270 g/mol. The van der Waals surface area contributed by atoms with Crippen LogP contribution in [0.3, 0.4) is 0 Å². The summed E-state index contributed by atoms with van der Waals surface area (Å²) in [6, 6.07) is 3.57. The number of hydrogen-bond acceptors (Lipinski definition) is 4. The van der Waals surface area contributed by atoms with E-state index in [1.54, 1.807) is 6.92 Å². The van der Waals surface area contributed by atoms with Crippen molar-refractivity contribution in [2.24, 2.45) is 0 Å². The molecule has 0 aromatic heterocycles. The first-order valence-electron chi connectivity index (χ1n) is 5.90. The second-order valence-electron chi connectivity index (χ2n) is 4.65. The average Bonchev–Trinajstić information content (AvgIpc) is 2.36. The van der Waals surface area contributed by atoms with E-state index in [1.165, 1.54) is 19.2 Å². The summed E-state index contributed by atoms with van der Waals surface area (Å²) in [4.78, 5) is 11.8. The lowest BCUT2D eigenvalue weighted by atomic mass is 10.0. The van der Waals surface area contributed by atoms with E-state index in [0.717, 1.165) is 6.07 Å². The fourth-order valence-corrected chi connectivity index (χ4v) is 1.50. The highest BCUT2D eigenvalue weighted by atomic mass is 19.1. The fraction of sp³-hybridized carbons (Fsp3) is 0.462. The molecule has 0 saturated heterocycles. The van der Waals surface area contributed by atoms with Crippen molar-refractivity contribution in [3.8, 4) is 0 Å². The molecule has 1 aromatic rings. The molecule has 4 N–H and O–H groups in total. The highest BCUT2D eigenvalue weighted by Gasteiger charge is 2.21. The number of rotatable bonds is 6. The largest absolute Gasteiger partial charge is 0.398 e. The van der Waals surface area contributed by atoms with E-state index in [1.807, 2.05) is 0 Å². The van der Waals surface area contributed by atoms with E-state index < -0.39 is 17.3 Å². The maximum Gasteiger partial charge on any atom is 0.253 e. The lowest BCUT2D eigenvalue weighted by Gasteiger charge is -2.23. The van der Waals surface area contributed by atoms with Gasteiger partial charge in [-0.1, -0.05) is 0 Å². The van der Waals surface area contributed by atoms with E-state index in [9.17, 15) is 14.3 Å². The molecule has 19 heavy (non-hydrogen) atoms. The molecule has 1 aromatic carbocycles. The van der Waals surface area contributed by atoms with Crippen molar-refractivity contribution >= 4 is 11.6 Å². The van der Waals surface area contributed by atoms with Gasteiger partial charge in [-0.15, -0.1) is 0 Å². The summed E-state index contributed by atoms with van der Waals surface area (Å²) < 4.78 is 17.9. The van der Waals surface area contributed by atoms with Crippen molar-refractivity contribution < 1.29 is 19.0 Å². The third-order valence-corrected chi connectivity index (χ3v) is 2.73. The molecule has 0 spiro atoms. The quantitative estimate of drug-likeness (QED) is 0.671. The van der Waals surface area contributed by atoms with E-state index in [0.29, 0.717) is 13.0 Å². The van der Waals surface area contributed by atoms with Crippen LogP contribution in [0.4, 0.5) is 10.1 Å². The summed E-state index contributed by atoms with van der Waals surface area (Å²) in [5.74, 6) is -1.06. The Morgan fingerprint density at radius 3 is 2.89 bits per heavy atom. The summed E-state index contributed by atoms with van der Waals surface area (Å²) in [7, 11) is 1.53. The standard InChI is InChI=1S/C13H19FN2O3/c1-13(18,5-6-19-2)8-16-12(17)10-7-9(14)3-4-11(10)15/h3-4,7,18H,5-6,8,15H2,1-2H3,(H,16,17). The predicted octanol–water partition coefficient (Wildman–Crippen LogP) is 0.925. The van der Waals surface area contributed by atoms with Gasteiger partial charge in [-0.3, -0.25) is 4.79 Å². The second-order valence-corrected chi connectivity index (χ2v) is 4.65. The van der Waals surface area contributed by atoms with Gasteiger partial charge in [-0.25, -0.2) is 4.39 Å². The van der Waals surface area contributed by atoms with Gasteiger partial charge in [-0.05, 0) is 25.1 Å². The van der Waals surface area contributed by atoms with Gasteiger partial charge in [0.15, 0.2) is 0 Å². The zero-order valence-electron chi connectivity index (χ0n) is 11.1. The third-order valence-electron chi connectivity index (χ3n) is 2.73. The molecular formula is C13H19FN2O3. The van der Waals surface area contributed by atoms with Gasteiger partial charge < -0.3 is 20.9 Å². The van der Waals surface area contributed by atoms with Crippen molar-refractivity contribution in [3.05, 3.63) is 29.6 Å². The Morgan fingerprint density at radius 1 is 1.58 bits per heavy atom. The number of hydrogen-bond donors (Lipinski definition) is 3. The van der Waals surface area contributed by atoms with Crippen molar-refractivity contribution in [2.75, 3.05) is 26.0 Å². The molecule has 0 aliphatic rings. The van der Waals surface area contributed by atoms with Gasteiger partial charge in [0.1, 0.15) is 5.82 Å². The Labute approximate surface area is 111 Å². The van der Waals surface area contributed by atoms with Crippen LogP contribution in [0, 0.1) is 5.82 Å². The molecule has 0 fully saturated rings. The summed E-state index contributed by atoms with van der Waals surface area (Å²) in [5, 5.41) is 12.5. The minimum Gasteiger partial charge on any atom is -0.398 e. The van der Waals surface area contributed by atoms with Crippen molar-refractivity contribution in [1.29, 1.82) is 0 Å². The SMILES string of the molecule is COCCC(C)(O)CNC(=O)c1cc(F)ccc1N. The smallest absolute Gasteiger partial charge is 0.253 e. The Morgan fingerprint density at radius 2 is 2.26 bits per heavy atom. The van der Waals surface area contributed by atoms with Gasteiger partial charge >= 0.3 is 0 Å². The van der Waals surface area contributed by atoms with Crippen LogP contribution in [0.2, 0.25) is 0 Å². The first-order valence-corrected chi connectivity index (χ1v) is 5.90. The number of methoxy groups -OCH3 is 1. The molecule has 1 atom stereocenters. The van der Waals surface area contributed by atoms with Gasteiger partial charge in [0, 0.05) is 32.4 Å². The van der Waals surface area contributed by atoms with Crippen LogP contribution >= 0.6 is 0 Å². The number of halogens is 1. The Kier molecular flexibility index (Phi) is 5.26. The zero-order chi connectivity index (χ0) is 14.5. The Bertz CT molecular complexity index is 450. The molecule has 5 nitrogen and oxygen atoms in total. The van der Waals surface area contributed by atoms with Crippen LogP contribution < -0.4 is 11.1 Å². The van der Waals surface area contributed by atoms with Gasteiger partial charge in [0.05, 0.1) is 11.2 Å². The van der Waals surface area contributed by atoms with Crippen LogP contribution in [-0.2, 0) is 4.74 Å². The number of aliphatic hydroxyl groups is 1. The van der Waals surface area contributed by atoms with Crippen LogP contribution in [-0.4, -0.2) is 36.9 Å². The number of nitrogens with one attached hydrogen (secondary N) is 1. The number of benzene rings is 1. The summed E-state index contributed by atoms with van der Waals surface area (Å²) >= 11 is 0. The van der Waals surface area contributed by atoms with E-state index >= 15 is 0 Å². The highest BCUT2D eigenvalue weighted by Crippen LogP contribution is 2.14. The van der Waals surface area contributed by atoms with Crippen molar-refractivity contribution in [2.45, 2.75) is 18.9 Å². The number of carbonyl (C=O) groups is 1. The van der Waals surface area contributed by atoms with Crippen LogP contribution in [0.5, 0.6) is 0 Å². The fourth-order valence-electron chi connectivity index (χ4n) is 1.50. The lowest BCUT2D eigenvalue weighted by Crippen LogP contribution is -2.41. The third kappa shape index (κ3) is 4.84. The molecule has 0 bridgehead atoms. The molecule has 106 valence electrons. The van der Waals surface area contributed by atoms with Crippen molar-refractivity contribution in [3.63, 3.8) is 0 Å². The topological polar surface area (TPSA) is 84.6 Å². The number of anilines is 1. The van der Waals surface area contributed by atoms with E-state index in [-0.39, 0.29) is 17.8 Å². The first-order chi connectivity index (χ1) is 8.85. The number of amides is 1. The normalized spacial score (nSPS) is 13.9. The van der Waals surface area contributed by atoms with Crippen LogP contribution in [0.15, 0.2) is 18.2 Å². The maximum absolute atomic E-state index is 13.0. The number of carbonyl (C=O) groups excluding carboxylic acids is 1. The minimum absolute atomic E-state index is 0.0329. The van der Waals surface area contributed by atoms with Gasteiger partial charge in [0.25, 0.3) is 5.91 Å². The number of nitrogens with two attached hydrogens (primary N) is 1. The summed E-state index contributed by atoms with van der Waals surface area (Å²) in [6.07, 6.45) is 0.377. The molecule has 0 heterocycles. The lowest BCUT2D eigenvalue weighted by molar-refractivity contribution is 0.0243. The van der Waals surface area contributed by atoms with E-state index in [2.05, 4.69) is 5.32 Å². The maximum atomic E-state index is 13.0. The molecule has 1 amide bonds. The molecule has 0 aliphatic heterocycles. The van der Waals surface area contributed by atoms with Gasteiger partial charge in [-0.2, -0.15) is 0 Å². The molecule has 0 aliphatic carbocycles. The molecular weight excluding hydrogens is 251 g/mol. The van der Waals surface area contributed by atoms with Gasteiger partial charge in [0.2, 0.25) is 0 Å². The molecule has 0 saturated carbocycles. The van der Waals surface area contributed by atoms with Crippen LogP contribution in [0.1, 0.15) is 23.7 Å². The van der Waals surface area contributed by atoms with E-state index in [4.69, 9.17) is 10.5 Å². The Hall–Kier alpha value is -1.66. The predicted molar refractivity (Wildman–Crippen MR) is 70.3 cm³/mol. The Balaban J connectivity index is 2.62. The highest BCUT2D eigenvalue weighted by molar-refractivity contribution is 5.99. The summed E-state index contributed by atoms with van der Waals surface area (Å²) in [5.41, 5.74) is 4.76.